The first-order valence-corrected chi connectivity index (χ1v) is 9.15. The van der Waals surface area contributed by atoms with E-state index in [4.69, 9.17) is 14.0 Å². The Balaban J connectivity index is 2.04. The minimum atomic E-state index is 0.265. The Morgan fingerprint density at radius 1 is 1.19 bits per heavy atom. The van der Waals surface area contributed by atoms with Gasteiger partial charge in [0.1, 0.15) is 5.76 Å². The fourth-order valence-corrected chi connectivity index (χ4v) is 3.04. The summed E-state index contributed by atoms with van der Waals surface area (Å²) in [6.45, 7) is 10.2. The van der Waals surface area contributed by atoms with Gasteiger partial charge in [0.2, 0.25) is 0 Å². The molecule has 0 aliphatic heterocycles. The molecule has 1 atom stereocenters. The highest BCUT2D eigenvalue weighted by atomic mass is 16.5. The van der Waals surface area contributed by atoms with Crippen LogP contribution in [-0.2, 0) is 6.54 Å². The normalized spacial score (nSPS) is 12.6. The number of benzene rings is 1. The lowest BCUT2D eigenvalue weighted by Gasteiger charge is -2.16. The van der Waals surface area contributed by atoms with Gasteiger partial charge in [-0.15, -0.1) is 0 Å². The summed E-state index contributed by atoms with van der Waals surface area (Å²) in [5.41, 5.74) is 3.14. The molecule has 0 aliphatic carbocycles. The van der Waals surface area contributed by atoms with E-state index in [1.165, 1.54) is 0 Å². The third-order valence-electron chi connectivity index (χ3n) is 4.37. The van der Waals surface area contributed by atoms with E-state index in [2.05, 4.69) is 27.7 Å². The third kappa shape index (κ3) is 5.39. The Morgan fingerprint density at radius 3 is 2.52 bits per heavy atom. The van der Waals surface area contributed by atoms with Crippen LogP contribution in [0.5, 0.6) is 11.5 Å². The molecule has 0 spiro atoms. The van der Waals surface area contributed by atoms with Crippen LogP contribution in [0.1, 0.15) is 42.3 Å². The van der Waals surface area contributed by atoms with Gasteiger partial charge in [-0.05, 0) is 38.5 Å². The predicted molar refractivity (Wildman–Crippen MR) is 107 cm³/mol. The average molecular weight is 374 g/mol. The molecular weight excluding hydrogens is 344 g/mol. The van der Waals surface area contributed by atoms with Crippen molar-refractivity contribution in [2.75, 3.05) is 27.3 Å². The fourth-order valence-electron chi connectivity index (χ4n) is 3.04. The molecule has 0 saturated carbocycles. The number of hydrogen-bond donors (Lipinski definition) is 2. The molecule has 2 aromatic rings. The predicted octanol–water partition coefficient (Wildman–Crippen LogP) is 3.17. The summed E-state index contributed by atoms with van der Waals surface area (Å²) in [6.07, 6.45) is 0. The van der Waals surface area contributed by atoms with Crippen molar-refractivity contribution in [3.8, 4) is 11.5 Å². The third-order valence-corrected chi connectivity index (χ3v) is 4.37. The van der Waals surface area contributed by atoms with Crippen LogP contribution >= 0.6 is 0 Å². The summed E-state index contributed by atoms with van der Waals surface area (Å²) in [5.74, 6) is 3.32. The van der Waals surface area contributed by atoms with Crippen molar-refractivity contribution in [1.29, 1.82) is 0 Å². The average Bonchev–Trinajstić information content (AvgIpc) is 3.01. The number of guanidine groups is 1. The van der Waals surface area contributed by atoms with Crippen LogP contribution in [0.2, 0.25) is 0 Å². The summed E-state index contributed by atoms with van der Waals surface area (Å²) in [7, 11) is 3.26. The molecule has 1 aromatic carbocycles. The van der Waals surface area contributed by atoms with E-state index < -0.39 is 0 Å². The number of aliphatic imine (C=N–C) groups is 1. The Hall–Kier alpha value is -2.70. The molecule has 7 heteroatoms. The molecular formula is C20H30N4O3. The number of methoxy groups -OCH3 is 2. The van der Waals surface area contributed by atoms with Crippen molar-refractivity contribution in [2.45, 2.75) is 40.2 Å². The molecule has 0 amide bonds. The van der Waals surface area contributed by atoms with Crippen molar-refractivity contribution in [2.24, 2.45) is 4.99 Å². The number of rotatable bonds is 8. The van der Waals surface area contributed by atoms with Crippen molar-refractivity contribution in [1.82, 2.24) is 15.8 Å². The summed E-state index contributed by atoms with van der Waals surface area (Å²) in [5, 5.41) is 10.7. The molecule has 1 heterocycles. The number of ether oxygens (including phenoxy) is 2. The minimum Gasteiger partial charge on any atom is -0.493 e. The van der Waals surface area contributed by atoms with Crippen molar-refractivity contribution < 1.29 is 14.0 Å². The van der Waals surface area contributed by atoms with Gasteiger partial charge in [-0.3, -0.25) is 0 Å². The summed E-state index contributed by atoms with van der Waals surface area (Å²) >= 11 is 0. The fraction of sp³-hybridized carbons (Fsp3) is 0.500. The Kier molecular flexibility index (Phi) is 7.52. The Bertz CT molecular complexity index is 751. The molecule has 0 saturated heterocycles. The number of hydrogen-bond acceptors (Lipinski definition) is 5. The lowest BCUT2D eigenvalue weighted by atomic mass is 10.00. The van der Waals surface area contributed by atoms with Crippen molar-refractivity contribution in [3.63, 3.8) is 0 Å². The largest absolute Gasteiger partial charge is 0.493 e. The summed E-state index contributed by atoms with van der Waals surface area (Å²) in [6, 6.07) is 5.82. The SMILES string of the molecule is CCNC(=NCc1ccc(OC)c(OC)c1)NCC(C)c1c(C)noc1C. The van der Waals surface area contributed by atoms with Gasteiger partial charge in [0, 0.05) is 24.6 Å². The van der Waals surface area contributed by atoms with Gasteiger partial charge in [-0.1, -0.05) is 18.1 Å². The maximum atomic E-state index is 5.35. The van der Waals surface area contributed by atoms with Crippen LogP contribution < -0.4 is 20.1 Å². The molecule has 7 nitrogen and oxygen atoms in total. The topological polar surface area (TPSA) is 80.9 Å². The molecule has 2 N–H and O–H groups in total. The quantitative estimate of drug-likeness (QED) is 0.546. The summed E-state index contributed by atoms with van der Waals surface area (Å²) in [4.78, 5) is 4.67. The first-order valence-electron chi connectivity index (χ1n) is 9.15. The molecule has 0 radical (unpaired) electrons. The number of nitrogens with one attached hydrogen (secondary N) is 2. The van der Waals surface area contributed by atoms with Gasteiger partial charge in [-0.2, -0.15) is 0 Å². The molecule has 1 unspecified atom stereocenters. The minimum absolute atomic E-state index is 0.265. The highest BCUT2D eigenvalue weighted by Crippen LogP contribution is 2.27. The van der Waals surface area contributed by atoms with Crippen LogP contribution in [-0.4, -0.2) is 38.4 Å². The maximum Gasteiger partial charge on any atom is 0.191 e. The highest BCUT2D eigenvalue weighted by molar-refractivity contribution is 5.79. The van der Waals surface area contributed by atoms with E-state index in [0.29, 0.717) is 18.0 Å². The molecule has 148 valence electrons. The van der Waals surface area contributed by atoms with Crippen LogP contribution in [0.3, 0.4) is 0 Å². The molecule has 0 aliphatic rings. The second-order valence-electron chi connectivity index (χ2n) is 6.40. The highest BCUT2D eigenvalue weighted by Gasteiger charge is 2.16. The van der Waals surface area contributed by atoms with Crippen molar-refractivity contribution in [3.05, 3.63) is 40.8 Å². The molecule has 0 bridgehead atoms. The Labute approximate surface area is 161 Å². The van der Waals surface area contributed by atoms with Gasteiger partial charge in [0.05, 0.1) is 26.5 Å². The van der Waals surface area contributed by atoms with E-state index >= 15 is 0 Å². The maximum absolute atomic E-state index is 5.35. The van der Waals surface area contributed by atoms with Gasteiger partial charge in [0.25, 0.3) is 0 Å². The van der Waals surface area contributed by atoms with Crippen LogP contribution in [0, 0.1) is 13.8 Å². The lowest BCUT2D eigenvalue weighted by Crippen LogP contribution is -2.39. The second-order valence-corrected chi connectivity index (χ2v) is 6.40. The summed E-state index contributed by atoms with van der Waals surface area (Å²) < 4.78 is 15.9. The zero-order valence-corrected chi connectivity index (χ0v) is 17.0. The number of aryl methyl sites for hydroxylation is 2. The van der Waals surface area contributed by atoms with Crippen molar-refractivity contribution >= 4 is 5.96 Å². The number of aromatic nitrogens is 1. The molecule has 2 rings (SSSR count). The van der Waals surface area contributed by atoms with Crippen LogP contribution in [0.25, 0.3) is 0 Å². The first-order chi connectivity index (χ1) is 13.0. The first kappa shape index (κ1) is 20.6. The monoisotopic (exact) mass is 374 g/mol. The molecule has 27 heavy (non-hydrogen) atoms. The van der Waals surface area contributed by atoms with Gasteiger partial charge < -0.3 is 24.6 Å². The standard InChI is InChI=1S/C20H30N4O3/c1-7-21-20(22-11-13(2)19-14(3)24-27-15(19)4)23-12-16-8-9-17(25-5)18(10-16)26-6/h8-10,13H,7,11-12H2,1-6H3,(H2,21,22,23). The lowest BCUT2D eigenvalue weighted by molar-refractivity contribution is 0.354. The zero-order chi connectivity index (χ0) is 19.8. The van der Waals surface area contributed by atoms with E-state index in [1.807, 2.05) is 39.0 Å². The molecule has 0 fully saturated rings. The van der Waals surface area contributed by atoms with Gasteiger partial charge in [0.15, 0.2) is 17.5 Å². The second kappa shape index (κ2) is 9.85. The van der Waals surface area contributed by atoms with E-state index in [9.17, 15) is 0 Å². The van der Waals surface area contributed by atoms with E-state index in [1.54, 1.807) is 14.2 Å². The molecule has 1 aromatic heterocycles. The van der Waals surface area contributed by atoms with Gasteiger partial charge >= 0.3 is 0 Å². The van der Waals surface area contributed by atoms with Crippen LogP contribution in [0.4, 0.5) is 0 Å². The zero-order valence-electron chi connectivity index (χ0n) is 17.0. The number of nitrogens with zero attached hydrogens (tertiary/aromatic N) is 2. The Morgan fingerprint density at radius 2 is 1.93 bits per heavy atom. The van der Waals surface area contributed by atoms with E-state index in [-0.39, 0.29) is 5.92 Å². The van der Waals surface area contributed by atoms with E-state index in [0.717, 1.165) is 41.6 Å². The van der Waals surface area contributed by atoms with Gasteiger partial charge in [-0.25, -0.2) is 4.99 Å². The smallest absolute Gasteiger partial charge is 0.191 e. The van der Waals surface area contributed by atoms with Crippen LogP contribution in [0.15, 0.2) is 27.7 Å².